The maximum atomic E-state index is 11.0. The van der Waals surface area contributed by atoms with Crippen LogP contribution >= 0.6 is 0 Å². The Balaban J connectivity index is 1.73. The van der Waals surface area contributed by atoms with Crippen LogP contribution in [0.1, 0.15) is 43.4 Å². The monoisotopic (exact) mass is 425 g/mol. The van der Waals surface area contributed by atoms with Crippen LogP contribution in [0.5, 0.6) is 0 Å². The second-order valence-electron chi connectivity index (χ2n) is 7.63. The smallest absolute Gasteiger partial charge is 0.287 e. The molecule has 0 fully saturated rings. The van der Waals surface area contributed by atoms with E-state index in [4.69, 9.17) is 5.26 Å². The second kappa shape index (κ2) is 10.9. The van der Waals surface area contributed by atoms with Crippen LogP contribution in [0.25, 0.3) is 23.3 Å². The van der Waals surface area contributed by atoms with E-state index in [-0.39, 0.29) is 11.3 Å². The molecule has 0 atom stereocenters. The number of hydrogen-bond acceptors (Lipinski definition) is 4. The first kappa shape index (κ1) is 22.8. The van der Waals surface area contributed by atoms with Gasteiger partial charge < -0.3 is 4.90 Å². The molecule has 3 rings (SSSR count). The highest BCUT2D eigenvalue weighted by Gasteiger charge is 2.12. The largest absolute Gasteiger partial charge is 0.372 e. The first-order valence-electron chi connectivity index (χ1n) is 10.9. The lowest BCUT2D eigenvalue weighted by Gasteiger charge is -2.24. The number of hydrogen-bond donors (Lipinski definition) is 0. The summed E-state index contributed by atoms with van der Waals surface area (Å²) in [6, 6.07) is 23.4. The fraction of sp³-hybridized carbons (Fsp3) is 0.222. The molecule has 0 aliphatic carbocycles. The second-order valence-corrected chi connectivity index (χ2v) is 7.63. The molecule has 32 heavy (non-hydrogen) atoms. The molecule has 0 radical (unpaired) electrons. The molecule has 0 saturated carbocycles. The van der Waals surface area contributed by atoms with Gasteiger partial charge in [0.2, 0.25) is 0 Å². The van der Waals surface area contributed by atoms with Crippen LogP contribution in [-0.2, 0) is 0 Å². The third-order valence-electron chi connectivity index (χ3n) is 5.27. The van der Waals surface area contributed by atoms with Crippen molar-refractivity contribution in [1.82, 2.24) is 0 Å². The summed E-state index contributed by atoms with van der Waals surface area (Å²) in [5, 5.41) is 20.1. The lowest BCUT2D eigenvalue weighted by molar-refractivity contribution is -0.385. The van der Waals surface area contributed by atoms with E-state index in [2.05, 4.69) is 55.1 Å². The SMILES string of the molecule is CCCN(CCC)c1ccc(-c2ccc(C=Cc3ccc([N+](=O)[O-])c(C#N)c3)cc2)cc1. The van der Waals surface area contributed by atoms with E-state index in [0.717, 1.165) is 42.6 Å². The minimum atomic E-state index is -0.539. The van der Waals surface area contributed by atoms with Crippen molar-refractivity contribution in [2.75, 3.05) is 18.0 Å². The van der Waals surface area contributed by atoms with Crippen molar-refractivity contribution in [3.8, 4) is 17.2 Å². The molecule has 0 heterocycles. The zero-order chi connectivity index (χ0) is 22.9. The number of nitriles is 1. The molecule has 3 aromatic rings. The Kier molecular flexibility index (Phi) is 7.77. The molecule has 5 nitrogen and oxygen atoms in total. The van der Waals surface area contributed by atoms with E-state index in [1.807, 2.05) is 30.4 Å². The average molecular weight is 426 g/mol. The maximum absolute atomic E-state index is 11.0. The van der Waals surface area contributed by atoms with Gasteiger partial charge in [-0.05, 0) is 59.4 Å². The van der Waals surface area contributed by atoms with Crippen LogP contribution in [0.2, 0.25) is 0 Å². The minimum absolute atomic E-state index is 0.0624. The van der Waals surface area contributed by atoms with E-state index in [1.165, 1.54) is 23.4 Å². The molecule has 0 aromatic heterocycles. The Bertz CT molecular complexity index is 1120. The van der Waals surface area contributed by atoms with Gasteiger partial charge in [-0.15, -0.1) is 0 Å². The van der Waals surface area contributed by atoms with Gasteiger partial charge in [-0.3, -0.25) is 10.1 Å². The quantitative estimate of drug-likeness (QED) is 0.212. The van der Waals surface area contributed by atoms with E-state index < -0.39 is 4.92 Å². The van der Waals surface area contributed by atoms with Crippen molar-refractivity contribution >= 4 is 23.5 Å². The van der Waals surface area contributed by atoms with Crippen LogP contribution in [0.15, 0.2) is 66.7 Å². The topological polar surface area (TPSA) is 70.2 Å². The van der Waals surface area contributed by atoms with Crippen molar-refractivity contribution in [2.24, 2.45) is 0 Å². The zero-order valence-electron chi connectivity index (χ0n) is 18.5. The number of rotatable bonds is 9. The number of nitrogens with zero attached hydrogens (tertiary/aromatic N) is 3. The Morgan fingerprint density at radius 3 is 1.94 bits per heavy atom. The fourth-order valence-electron chi connectivity index (χ4n) is 3.66. The third-order valence-corrected chi connectivity index (χ3v) is 5.27. The highest BCUT2D eigenvalue weighted by Crippen LogP contribution is 2.25. The summed E-state index contributed by atoms with van der Waals surface area (Å²) in [6.07, 6.45) is 6.05. The van der Waals surface area contributed by atoms with E-state index in [9.17, 15) is 10.1 Å². The Morgan fingerprint density at radius 1 is 0.875 bits per heavy atom. The molecule has 0 spiro atoms. The summed E-state index contributed by atoms with van der Waals surface area (Å²) < 4.78 is 0. The van der Waals surface area contributed by atoms with Gasteiger partial charge in [0.05, 0.1) is 4.92 Å². The predicted molar refractivity (Wildman–Crippen MR) is 131 cm³/mol. The summed E-state index contributed by atoms with van der Waals surface area (Å²) in [5.41, 5.74) is 5.23. The Morgan fingerprint density at radius 2 is 1.41 bits per heavy atom. The average Bonchev–Trinajstić information content (AvgIpc) is 2.82. The van der Waals surface area contributed by atoms with Crippen molar-refractivity contribution in [2.45, 2.75) is 26.7 Å². The van der Waals surface area contributed by atoms with Crippen LogP contribution in [-0.4, -0.2) is 18.0 Å². The van der Waals surface area contributed by atoms with Crippen molar-refractivity contribution in [1.29, 1.82) is 5.26 Å². The van der Waals surface area contributed by atoms with Gasteiger partial charge in [-0.2, -0.15) is 5.26 Å². The molecule has 162 valence electrons. The lowest BCUT2D eigenvalue weighted by atomic mass is 10.0. The molecule has 0 aliphatic heterocycles. The van der Waals surface area contributed by atoms with Crippen LogP contribution in [0.4, 0.5) is 11.4 Å². The lowest BCUT2D eigenvalue weighted by Crippen LogP contribution is -2.24. The molecule has 0 aliphatic rings. The summed E-state index contributed by atoms with van der Waals surface area (Å²) in [4.78, 5) is 12.8. The van der Waals surface area contributed by atoms with Crippen LogP contribution < -0.4 is 4.90 Å². The fourth-order valence-corrected chi connectivity index (χ4v) is 3.66. The normalized spacial score (nSPS) is 10.8. The maximum Gasteiger partial charge on any atom is 0.287 e. The summed E-state index contributed by atoms with van der Waals surface area (Å²) in [6.45, 7) is 6.55. The van der Waals surface area contributed by atoms with Crippen molar-refractivity contribution < 1.29 is 4.92 Å². The molecule has 0 amide bonds. The molecule has 0 saturated heterocycles. The summed E-state index contributed by atoms with van der Waals surface area (Å²) >= 11 is 0. The zero-order valence-corrected chi connectivity index (χ0v) is 18.5. The summed E-state index contributed by atoms with van der Waals surface area (Å²) in [5.74, 6) is 0. The molecule has 0 bridgehead atoms. The van der Waals surface area contributed by atoms with Crippen LogP contribution in [0.3, 0.4) is 0 Å². The van der Waals surface area contributed by atoms with Gasteiger partial charge in [-0.1, -0.05) is 62.4 Å². The van der Waals surface area contributed by atoms with Gasteiger partial charge in [-0.25, -0.2) is 0 Å². The molecule has 3 aromatic carbocycles. The first-order valence-corrected chi connectivity index (χ1v) is 10.9. The van der Waals surface area contributed by atoms with E-state index in [1.54, 1.807) is 6.07 Å². The number of nitro groups is 1. The van der Waals surface area contributed by atoms with Gasteiger partial charge in [0.1, 0.15) is 11.6 Å². The Hall–Kier alpha value is -3.91. The highest BCUT2D eigenvalue weighted by molar-refractivity contribution is 5.74. The van der Waals surface area contributed by atoms with E-state index >= 15 is 0 Å². The van der Waals surface area contributed by atoms with Gasteiger partial charge >= 0.3 is 0 Å². The Labute approximate surface area is 189 Å². The number of benzene rings is 3. The molecule has 0 N–H and O–H groups in total. The minimum Gasteiger partial charge on any atom is -0.372 e. The summed E-state index contributed by atoms with van der Waals surface area (Å²) in [7, 11) is 0. The molecule has 5 heteroatoms. The van der Waals surface area contributed by atoms with Crippen molar-refractivity contribution in [3.63, 3.8) is 0 Å². The first-order chi connectivity index (χ1) is 15.5. The highest BCUT2D eigenvalue weighted by atomic mass is 16.6. The molecule has 0 unspecified atom stereocenters. The van der Waals surface area contributed by atoms with E-state index in [0.29, 0.717) is 0 Å². The van der Waals surface area contributed by atoms with Gasteiger partial charge in [0.15, 0.2) is 0 Å². The van der Waals surface area contributed by atoms with Gasteiger partial charge in [0.25, 0.3) is 5.69 Å². The standard InChI is InChI=1S/C27H27N3O2/c1-3-17-29(18-4-2)26-14-12-24(13-15-26)23-10-7-21(8-11-23)5-6-22-9-16-27(30(31)32)25(19-22)20-28/h5-16,19H,3-4,17-18H2,1-2H3. The van der Waals surface area contributed by atoms with Crippen molar-refractivity contribution in [3.05, 3.63) is 93.5 Å². The number of anilines is 1. The number of nitro benzene ring substituents is 1. The van der Waals surface area contributed by atoms with Gasteiger partial charge in [0, 0.05) is 24.8 Å². The molecular formula is C27H27N3O2. The van der Waals surface area contributed by atoms with Crippen LogP contribution in [0, 0.1) is 21.4 Å². The molecular weight excluding hydrogens is 398 g/mol. The predicted octanol–water partition coefficient (Wildman–Crippen LogP) is 6.93. The third kappa shape index (κ3) is 5.61.